The second-order valence-electron chi connectivity index (χ2n) is 1.89. The quantitative estimate of drug-likeness (QED) is 0.331. The van der Waals surface area contributed by atoms with Gasteiger partial charge in [0.25, 0.3) is 0 Å². The molecule has 0 aromatic rings. The van der Waals surface area contributed by atoms with Crippen molar-refractivity contribution in [2.75, 3.05) is 13.7 Å². The molecule has 0 heterocycles. The Balaban J connectivity index is 3.37. The molecule has 0 aliphatic carbocycles. The van der Waals surface area contributed by atoms with Gasteiger partial charge in [0.2, 0.25) is 6.61 Å². The van der Waals surface area contributed by atoms with Crippen molar-refractivity contribution in [3.63, 3.8) is 0 Å². The van der Waals surface area contributed by atoms with Gasteiger partial charge in [-0.05, 0) is 13.8 Å². The van der Waals surface area contributed by atoms with Crippen LogP contribution in [0.15, 0.2) is 5.16 Å². The molecule has 10 heavy (non-hydrogen) atoms. The normalized spacial score (nSPS) is 8.30. The molecule has 0 N–H and O–H groups in total. The summed E-state index contributed by atoms with van der Waals surface area (Å²) in [5.41, 5.74) is 0.768. The van der Waals surface area contributed by atoms with Crippen LogP contribution in [0, 0.1) is 0 Å². The molecule has 0 aromatic heterocycles. The Kier molecular flexibility index (Phi) is 4.28. The van der Waals surface area contributed by atoms with E-state index in [4.69, 9.17) is 0 Å². The van der Waals surface area contributed by atoms with Crippen molar-refractivity contribution in [3.8, 4) is 0 Å². The highest BCUT2D eigenvalue weighted by Crippen LogP contribution is 1.81. The molecule has 0 radical (unpaired) electrons. The van der Waals surface area contributed by atoms with Crippen LogP contribution in [0.4, 0.5) is 0 Å². The molecule has 4 heteroatoms. The summed E-state index contributed by atoms with van der Waals surface area (Å²) >= 11 is 0. The minimum Gasteiger partial charge on any atom is -0.466 e. The summed E-state index contributed by atoms with van der Waals surface area (Å²) in [6.07, 6.45) is 0. The fraction of sp³-hybridized carbons (Fsp3) is 0.667. The van der Waals surface area contributed by atoms with Crippen molar-refractivity contribution < 1.29 is 14.4 Å². The van der Waals surface area contributed by atoms with Gasteiger partial charge in [-0.25, -0.2) is 4.79 Å². The summed E-state index contributed by atoms with van der Waals surface area (Å²) < 4.78 is 4.30. The van der Waals surface area contributed by atoms with Crippen molar-refractivity contribution >= 4 is 11.7 Å². The van der Waals surface area contributed by atoms with E-state index in [2.05, 4.69) is 14.7 Å². The maximum absolute atomic E-state index is 10.4. The average Bonchev–Trinajstić information content (AvgIpc) is 1.87. The second-order valence-corrected chi connectivity index (χ2v) is 1.89. The van der Waals surface area contributed by atoms with Gasteiger partial charge in [-0.3, -0.25) is 0 Å². The van der Waals surface area contributed by atoms with E-state index in [0.29, 0.717) is 0 Å². The van der Waals surface area contributed by atoms with Gasteiger partial charge in [-0.2, -0.15) is 0 Å². The molecule has 0 saturated carbocycles. The Morgan fingerprint density at radius 2 is 2.10 bits per heavy atom. The molecule has 4 nitrogen and oxygen atoms in total. The van der Waals surface area contributed by atoms with E-state index >= 15 is 0 Å². The van der Waals surface area contributed by atoms with Crippen LogP contribution >= 0.6 is 0 Å². The third-order valence-electron chi connectivity index (χ3n) is 0.657. The zero-order chi connectivity index (χ0) is 7.98. The summed E-state index contributed by atoms with van der Waals surface area (Å²) in [5, 5.41) is 3.53. The van der Waals surface area contributed by atoms with Gasteiger partial charge in [0.05, 0.1) is 12.8 Å². The van der Waals surface area contributed by atoms with Crippen LogP contribution < -0.4 is 0 Å². The molecule has 0 amide bonds. The topological polar surface area (TPSA) is 47.9 Å². The summed E-state index contributed by atoms with van der Waals surface area (Å²) in [6, 6.07) is 0. The Bertz CT molecular complexity index is 138. The Morgan fingerprint density at radius 3 is 2.50 bits per heavy atom. The first kappa shape index (κ1) is 8.94. The van der Waals surface area contributed by atoms with Gasteiger partial charge in [0.1, 0.15) is 0 Å². The van der Waals surface area contributed by atoms with Gasteiger partial charge >= 0.3 is 5.97 Å². The molecule has 0 fully saturated rings. The Hall–Kier alpha value is -1.06. The van der Waals surface area contributed by atoms with Crippen LogP contribution in [-0.4, -0.2) is 25.4 Å². The lowest BCUT2D eigenvalue weighted by Gasteiger charge is -1.96. The van der Waals surface area contributed by atoms with E-state index < -0.39 is 5.97 Å². The second kappa shape index (κ2) is 4.78. The molecule has 0 aliphatic heterocycles. The molecular weight excluding hydrogens is 134 g/mol. The highest BCUT2D eigenvalue weighted by atomic mass is 16.6. The van der Waals surface area contributed by atoms with E-state index in [-0.39, 0.29) is 6.61 Å². The summed E-state index contributed by atoms with van der Waals surface area (Å²) in [7, 11) is 1.30. The number of rotatable bonds is 3. The maximum Gasteiger partial charge on any atom is 0.346 e. The number of hydrogen-bond acceptors (Lipinski definition) is 4. The highest BCUT2D eigenvalue weighted by Gasteiger charge is 1.97. The first-order valence-electron chi connectivity index (χ1n) is 2.86. The highest BCUT2D eigenvalue weighted by molar-refractivity contribution is 5.78. The van der Waals surface area contributed by atoms with Gasteiger partial charge in [0, 0.05) is 0 Å². The van der Waals surface area contributed by atoms with E-state index in [1.807, 2.05) is 0 Å². The fourth-order valence-corrected chi connectivity index (χ4v) is 0.273. The minimum absolute atomic E-state index is 0.123. The van der Waals surface area contributed by atoms with Gasteiger partial charge in [-0.15, -0.1) is 0 Å². The van der Waals surface area contributed by atoms with Crippen molar-refractivity contribution in [1.82, 2.24) is 0 Å². The number of ether oxygens (including phenoxy) is 1. The van der Waals surface area contributed by atoms with Crippen molar-refractivity contribution in [2.24, 2.45) is 5.16 Å². The summed E-state index contributed by atoms with van der Waals surface area (Å²) in [4.78, 5) is 14.9. The van der Waals surface area contributed by atoms with E-state index in [9.17, 15) is 4.79 Å². The SMILES string of the molecule is COC(=O)CON=C(C)C. The summed E-state index contributed by atoms with van der Waals surface area (Å²) in [6.45, 7) is 3.43. The molecule has 0 spiro atoms. The molecule has 0 unspecified atom stereocenters. The maximum atomic E-state index is 10.4. The van der Waals surface area contributed by atoms with Crippen LogP contribution in [0.2, 0.25) is 0 Å². The van der Waals surface area contributed by atoms with Crippen LogP contribution in [0.1, 0.15) is 13.8 Å². The fourth-order valence-electron chi connectivity index (χ4n) is 0.273. The largest absolute Gasteiger partial charge is 0.466 e. The van der Waals surface area contributed by atoms with Crippen LogP contribution in [0.25, 0.3) is 0 Å². The van der Waals surface area contributed by atoms with Crippen molar-refractivity contribution in [1.29, 1.82) is 0 Å². The monoisotopic (exact) mass is 145 g/mol. The number of carbonyl (C=O) groups is 1. The number of esters is 1. The molecule has 0 saturated heterocycles. The molecule has 0 bridgehead atoms. The molecule has 0 aromatic carbocycles. The van der Waals surface area contributed by atoms with Gasteiger partial charge in [-0.1, -0.05) is 5.16 Å². The molecule has 0 rings (SSSR count). The summed E-state index contributed by atoms with van der Waals surface area (Å²) in [5.74, 6) is -0.426. The zero-order valence-electron chi connectivity index (χ0n) is 6.38. The minimum atomic E-state index is -0.426. The lowest BCUT2D eigenvalue weighted by Crippen LogP contribution is -2.07. The van der Waals surface area contributed by atoms with Crippen molar-refractivity contribution in [2.45, 2.75) is 13.8 Å². The zero-order valence-corrected chi connectivity index (χ0v) is 6.38. The number of carbonyl (C=O) groups excluding carboxylic acids is 1. The van der Waals surface area contributed by atoms with Crippen molar-refractivity contribution in [3.05, 3.63) is 0 Å². The number of oxime groups is 1. The van der Waals surface area contributed by atoms with E-state index in [1.54, 1.807) is 13.8 Å². The lowest BCUT2D eigenvalue weighted by atomic mass is 10.5. The smallest absolute Gasteiger partial charge is 0.346 e. The third-order valence-corrected chi connectivity index (χ3v) is 0.657. The van der Waals surface area contributed by atoms with E-state index in [1.165, 1.54) is 7.11 Å². The Labute approximate surface area is 59.8 Å². The molecule has 0 aliphatic rings. The third kappa shape index (κ3) is 5.08. The first-order chi connectivity index (χ1) is 4.66. The molecule has 0 atom stereocenters. The number of nitrogens with zero attached hydrogens (tertiary/aromatic N) is 1. The predicted molar refractivity (Wildman–Crippen MR) is 36.8 cm³/mol. The average molecular weight is 145 g/mol. The first-order valence-corrected chi connectivity index (χ1v) is 2.86. The lowest BCUT2D eigenvalue weighted by molar-refractivity contribution is -0.145. The standard InChI is InChI=1S/C6H11NO3/c1-5(2)7-10-4-6(8)9-3/h4H2,1-3H3. The molecular formula is C6H11NO3. The number of methoxy groups -OCH3 is 1. The van der Waals surface area contributed by atoms with Crippen LogP contribution in [-0.2, 0) is 14.4 Å². The van der Waals surface area contributed by atoms with E-state index in [0.717, 1.165) is 5.71 Å². The van der Waals surface area contributed by atoms with Crippen LogP contribution in [0.3, 0.4) is 0 Å². The molecule has 58 valence electrons. The predicted octanol–water partition coefficient (Wildman–Crippen LogP) is 0.572. The Morgan fingerprint density at radius 1 is 1.50 bits per heavy atom. The van der Waals surface area contributed by atoms with Gasteiger partial charge < -0.3 is 9.57 Å². The van der Waals surface area contributed by atoms with Gasteiger partial charge in [0.15, 0.2) is 0 Å². The van der Waals surface area contributed by atoms with Crippen LogP contribution in [0.5, 0.6) is 0 Å². The number of hydrogen-bond donors (Lipinski definition) is 0.